The third-order valence-electron chi connectivity index (χ3n) is 2.43. The number of ether oxygens (including phenoxy) is 2. The molecule has 0 aromatic carbocycles. The Morgan fingerprint density at radius 2 is 2.17 bits per heavy atom. The lowest BCUT2D eigenvalue weighted by molar-refractivity contribution is -0.146. The van der Waals surface area contributed by atoms with Gasteiger partial charge in [-0.2, -0.15) is 0 Å². The Morgan fingerprint density at radius 1 is 1.50 bits per heavy atom. The number of hydrogen-bond donors (Lipinski definition) is 1. The van der Waals surface area contributed by atoms with Crippen molar-refractivity contribution < 1.29 is 14.3 Å². The summed E-state index contributed by atoms with van der Waals surface area (Å²) in [6, 6.07) is -0.243. The molecule has 4 unspecified atom stereocenters. The Hall–Kier alpha value is -0.870. The number of esters is 1. The van der Waals surface area contributed by atoms with Gasteiger partial charge in [0.2, 0.25) is 0 Å². The van der Waals surface area contributed by atoms with Gasteiger partial charge in [-0.3, -0.25) is 4.79 Å². The average molecular weight is 169 g/mol. The Labute approximate surface area is 70.3 Å². The van der Waals surface area contributed by atoms with Crippen molar-refractivity contribution in [3.63, 3.8) is 0 Å². The van der Waals surface area contributed by atoms with Crippen molar-refractivity contribution in [2.45, 2.75) is 18.2 Å². The zero-order valence-electron chi connectivity index (χ0n) is 6.77. The molecule has 0 aromatic rings. The lowest BCUT2D eigenvalue weighted by Crippen LogP contribution is -2.42. The molecule has 66 valence electrons. The smallest absolute Gasteiger partial charge is 0.313 e. The van der Waals surface area contributed by atoms with E-state index in [-0.39, 0.29) is 30.1 Å². The summed E-state index contributed by atoms with van der Waals surface area (Å²) in [5.74, 6) is -0.593. The molecule has 4 nitrogen and oxygen atoms in total. The minimum Gasteiger partial charge on any atom is -0.469 e. The molecule has 1 saturated heterocycles. The maximum absolute atomic E-state index is 11.2. The monoisotopic (exact) mass is 169 g/mol. The molecule has 0 saturated carbocycles. The highest BCUT2D eigenvalue weighted by molar-refractivity contribution is 5.75. The van der Waals surface area contributed by atoms with E-state index >= 15 is 0 Å². The van der Waals surface area contributed by atoms with Gasteiger partial charge in [0.15, 0.2) is 0 Å². The summed E-state index contributed by atoms with van der Waals surface area (Å²) in [6.07, 6.45) is 3.50. The minimum absolute atomic E-state index is 0.0981. The van der Waals surface area contributed by atoms with Crippen molar-refractivity contribution in [3.8, 4) is 0 Å². The van der Waals surface area contributed by atoms with Crippen LogP contribution in [0.2, 0.25) is 0 Å². The van der Waals surface area contributed by atoms with E-state index in [2.05, 4.69) is 4.74 Å². The number of hydrogen-bond acceptors (Lipinski definition) is 4. The molecule has 0 radical (unpaired) electrons. The van der Waals surface area contributed by atoms with Crippen LogP contribution < -0.4 is 5.73 Å². The van der Waals surface area contributed by atoms with E-state index in [1.807, 2.05) is 12.2 Å². The fourth-order valence-corrected chi connectivity index (χ4v) is 1.77. The van der Waals surface area contributed by atoms with Gasteiger partial charge in [-0.1, -0.05) is 12.2 Å². The maximum Gasteiger partial charge on any atom is 0.313 e. The second-order valence-corrected chi connectivity index (χ2v) is 3.08. The zero-order valence-corrected chi connectivity index (χ0v) is 6.77. The fraction of sp³-hybridized carbons (Fsp3) is 0.625. The first kappa shape index (κ1) is 7.76. The Morgan fingerprint density at radius 3 is 2.67 bits per heavy atom. The van der Waals surface area contributed by atoms with Crippen LogP contribution in [0.25, 0.3) is 0 Å². The summed E-state index contributed by atoms with van der Waals surface area (Å²) in [5.41, 5.74) is 5.76. The molecule has 2 heterocycles. The summed E-state index contributed by atoms with van der Waals surface area (Å²) < 4.78 is 10.0. The number of fused-ring (bicyclic) bond motifs is 2. The molecule has 0 spiro atoms. The topological polar surface area (TPSA) is 61.5 Å². The van der Waals surface area contributed by atoms with Crippen molar-refractivity contribution in [1.29, 1.82) is 0 Å². The molecule has 4 atom stereocenters. The number of methoxy groups -OCH3 is 1. The first-order chi connectivity index (χ1) is 5.74. The minimum atomic E-state index is -0.315. The number of carbonyl (C=O) groups is 1. The van der Waals surface area contributed by atoms with Gasteiger partial charge in [0.05, 0.1) is 25.4 Å². The second-order valence-electron chi connectivity index (χ2n) is 3.08. The van der Waals surface area contributed by atoms with Crippen LogP contribution in [0.15, 0.2) is 12.2 Å². The molecule has 2 N–H and O–H groups in total. The van der Waals surface area contributed by atoms with Crippen molar-refractivity contribution in [2.24, 2.45) is 11.7 Å². The lowest BCUT2D eigenvalue weighted by atomic mass is 9.90. The van der Waals surface area contributed by atoms with Crippen molar-refractivity contribution in [2.75, 3.05) is 7.11 Å². The van der Waals surface area contributed by atoms with Gasteiger partial charge in [-0.05, 0) is 0 Å². The molecular formula is C8H11NO3. The molecule has 0 amide bonds. The second kappa shape index (κ2) is 2.57. The molecule has 1 fully saturated rings. The summed E-state index contributed by atoms with van der Waals surface area (Å²) in [6.45, 7) is 0. The molecule has 0 aromatic heterocycles. The third-order valence-corrected chi connectivity index (χ3v) is 2.43. The largest absolute Gasteiger partial charge is 0.469 e. The molecule has 4 heteroatoms. The normalized spacial score (nSPS) is 43.5. The van der Waals surface area contributed by atoms with E-state index in [4.69, 9.17) is 10.5 Å². The van der Waals surface area contributed by atoms with E-state index in [1.165, 1.54) is 7.11 Å². The van der Waals surface area contributed by atoms with Gasteiger partial charge in [0.1, 0.15) is 5.92 Å². The van der Waals surface area contributed by atoms with Gasteiger partial charge in [-0.15, -0.1) is 0 Å². The van der Waals surface area contributed by atoms with E-state index < -0.39 is 0 Å². The number of carbonyl (C=O) groups excluding carboxylic acids is 1. The van der Waals surface area contributed by atoms with Crippen LogP contribution in [-0.2, 0) is 14.3 Å². The molecule has 0 aliphatic carbocycles. The van der Waals surface area contributed by atoms with Gasteiger partial charge < -0.3 is 15.2 Å². The molecule has 12 heavy (non-hydrogen) atoms. The van der Waals surface area contributed by atoms with Gasteiger partial charge in [0, 0.05) is 0 Å². The maximum atomic E-state index is 11.2. The van der Waals surface area contributed by atoms with E-state index in [9.17, 15) is 4.79 Å². The highest BCUT2D eigenvalue weighted by Crippen LogP contribution is 2.33. The first-order valence-corrected chi connectivity index (χ1v) is 3.91. The van der Waals surface area contributed by atoms with E-state index in [0.717, 1.165) is 0 Å². The van der Waals surface area contributed by atoms with Crippen LogP contribution in [0.5, 0.6) is 0 Å². The lowest BCUT2D eigenvalue weighted by Gasteiger charge is -2.18. The Balaban J connectivity index is 2.18. The molecule has 2 bridgehead atoms. The quantitative estimate of drug-likeness (QED) is 0.422. The standard InChI is InChI=1S/C8H11NO3/c1-11-8(10)6-4-2-3-5(12-4)7(6)9/h2-7H,9H2,1H3. The SMILES string of the molecule is COC(=O)C1C2C=CC(O2)C1N. The van der Waals surface area contributed by atoms with Crippen LogP contribution in [0, 0.1) is 5.92 Å². The van der Waals surface area contributed by atoms with Crippen molar-refractivity contribution in [1.82, 2.24) is 0 Å². The molecular weight excluding hydrogens is 158 g/mol. The molecule has 2 rings (SSSR count). The Bertz CT molecular complexity index is 238. The summed E-state index contributed by atoms with van der Waals surface area (Å²) in [7, 11) is 1.37. The van der Waals surface area contributed by atoms with Crippen LogP contribution in [0.1, 0.15) is 0 Å². The molecule has 2 aliphatic heterocycles. The zero-order chi connectivity index (χ0) is 8.72. The van der Waals surface area contributed by atoms with E-state index in [1.54, 1.807) is 0 Å². The highest BCUT2D eigenvalue weighted by Gasteiger charge is 2.48. The first-order valence-electron chi connectivity index (χ1n) is 3.91. The van der Waals surface area contributed by atoms with Crippen molar-refractivity contribution in [3.05, 3.63) is 12.2 Å². The van der Waals surface area contributed by atoms with Gasteiger partial charge in [0.25, 0.3) is 0 Å². The van der Waals surface area contributed by atoms with Crippen LogP contribution in [-0.4, -0.2) is 31.3 Å². The molecule has 2 aliphatic rings. The summed E-state index contributed by atoms with van der Waals surface area (Å²) in [5, 5.41) is 0. The summed E-state index contributed by atoms with van der Waals surface area (Å²) >= 11 is 0. The van der Waals surface area contributed by atoms with Crippen molar-refractivity contribution >= 4 is 5.97 Å². The fourth-order valence-electron chi connectivity index (χ4n) is 1.77. The average Bonchev–Trinajstić information content (AvgIpc) is 2.63. The summed E-state index contributed by atoms with van der Waals surface area (Å²) in [4.78, 5) is 11.2. The predicted molar refractivity (Wildman–Crippen MR) is 41.3 cm³/mol. The predicted octanol–water partition coefficient (Wildman–Crippen LogP) is -0.560. The van der Waals surface area contributed by atoms with Crippen LogP contribution in [0.3, 0.4) is 0 Å². The number of nitrogens with two attached hydrogens (primary N) is 1. The van der Waals surface area contributed by atoms with Gasteiger partial charge in [-0.25, -0.2) is 0 Å². The van der Waals surface area contributed by atoms with Crippen LogP contribution >= 0.6 is 0 Å². The Kier molecular flexibility index (Phi) is 1.66. The van der Waals surface area contributed by atoms with E-state index in [0.29, 0.717) is 0 Å². The number of rotatable bonds is 1. The van der Waals surface area contributed by atoms with Gasteiger partial charge >= 0.3 is 5.97 Å². The third kappa shape index (κ3) is 0.884. The van der Waals surface area contributed by atoms with Crippen LogP contribution in [0.4, 0.5) is 0 Å². The highest BCUT2D eigenvalue weighted by atomic mass is 16.5.